The van der Waals surface area contributed by atoms with Crippen LogP contribution in [0.4, 0.5) is 5.69 Å². The number of carbonyl (C=O) groups is 1. The molecule has 36 heavy (non-hydrogen) atoms. The smallest absolute Gasteiger partial charge is 0.268 e. The van der Waals surface area contributed by atoms with Crippen LogP contribution < -0.4 is 9.62 Å². The second kappa shape index (κ2) is 10.1. The molecule has 4 aromatic rings. The van der Waals surface area contributed by atoms with Crippen LogP contribution in [0.15, 0.2) is 95.1 Å². The molecule has 1 aromatic heterocycles. The number of nitrogens with one attached hydrogen (secondary N) is 1. The Bertz CT molecular complexity index is 1530. The summed E-state index contributed by atoms with van der Waals surface area (Å²) in [5.41, 5.74) is 4.60. The third kappa shape index (κ3) is 4.84. The molecule has 3 aromatic carbocycles. The maximum atomic E-state index is 13.7. The SMILES string of the molecule is Cc1ccccc1CN1c2ccccc2-c2nc(SCC(=O)NCc3ccccc3)ncc2S1(=O)=O. The minimum atomic E-state index is -3.88. The van der Waals surface area contributed by atoms with Gasteiger partial charge in [-0.3, -0.25) is 9.10 Å². The Balaban J connectivity index is 1.38. The highest BCUT2D eigenvalue weighted by atomic mass is 32.2. The molecule has 5 rings (SSSR count). The number of thioether (sulfide) groups is 1. The van der Waals surface area contributed by atoms with Crippen molar-refractivity contribution in [2.75, 3.05) is 10.1 Å². The second-order valence-corrected chi connectivity index (χ2v) is 11.1. The summed E-state index contributed by atoms with van der Waals surface area (Å²) >= 11 is 1.17. The van der Waals surface area contributed by atoms with Gasteiger partial charge in [-0.15, -0.1) is 0 Å². The maximum absolute atomic E-state index is 13.7. The lowest BCUT2D eigenvalue weighted by molar-refractivity contribution is -0.118. The topological polar surface area (TPSA) is 92.3 Å². The van der Waals surface area contributed by atoms with Gasteiger partial charge in [0.05, 0.1) is 29.9 Å². The van der Waals surface area contributed by atoms with E-state index in [2.05, 4.69) is 15.3 Å². The molecule has 0 bridgehead atoms. The summed E-state index contributed by atoms with van der Waals surface area (Å²) in [6, 6.07) is 24.7. The molecule has 9 heteroatoms. The van der Waals surface area contributed by atoms with Crippen LogP contribution in [0.2, 0.25) is 0 Å². The summed E-state index contributed by atoms with van der Waals surface area (Å²) in [5, 5.41) is 3.22. The number of anilines is 1. The fourth-order valence-electron chi connectivity index (χ4n) is 4.04. The Morgan fingerprint density at radius 1 is 0.972 bits per heavy atom. The van der Waals surface area contributed by atoms with Crippen molar-refractivity contribution in [2.45, 2.75) is 30.1 Å². The average Bonchev–Trinajstić information content (AvgIpc) is 2.90. The number of hydrogen-bond acceptors (Lipinski definition) is 6. The van der Waals surface area contributed by atoms with Crippen LogP contribution in [0.3, 0.4) is 0 Å². The van der Waals surface area contributed by atoms with Gasteiger partial charge in [0, 0.05) is 12.1 Å². The zero-order valence-electron chi connectivity index (χ0n) is 19.6. The summed E-state index contributed by atoms with van der Waals surface area (Å²) in [6.45, 7) is 2.62. The van der Waals surface area contributed by atoms with Crippen molar-refractivity contribution in [3.8, 4) is 11.3 Å². The number of aryl methyl sites for hydroxylation is 1. The van der Waals surface area contributed by atoms with Crippen molar-refractivity contribution < 1.29 is 13.2 Å². The zero-order valence-corrected chi connectivity index (χ0v) is 21.2. The molecule has 0 saturated carbocycles. The highest BCUT2D eigenvalue weighted by Gasteiger charge is 2.36. The van der Waals surface area contributed by atoms with Crippen LogP contribution in [-0.2, 0) is 27.9 Å². The van der Waals surface area contributed by atoms with Gasteiger partial charge in [-0.05, 0) is 29.7 Å². The number of aromatic nitrogens is 2. The van der Waals surface area contributed by atoms with Crippen LogP contribution in [0.1, 0.15) is 16.7 Å². The lowest BCUT2D eigenvalue weighted by atomic mass is 10.1. The minimum Gasteiger partial charge on any atom is -0.351 e. The van der Waals surface area contributed by atoms with E-state index < -0.39 is 10.0 Å². The average molecular weight is 517 g/mol. The molecular weight excluding hydrogens is 492 g/mol. The number of fused-ring (bicyclic) bond motifs is 3. The van der Waals surface area contributed by atoms with Gasteiger partial charge in [0.25, 0.3) is 10.0 Å². The van der Waals surface area contributed by atoms with Crippen molar-refractivity contribution in [1.82, 2.24) is 15.3 Å². The number of nitrogens with zero attached hydrogens (tertiary/aromatic N) is 3. The molecule has 1 N–H and O–H groups in total. The number of benzene rings is 3. The zero-order chi connectivity index (χ0) is 25.1. The normalized spacial score (nSPS) is 13.5. The van der Waals surface area contributed by atoms with Crippen LogP contribution in [0, 0.1) is 6.92 Å². The molecule has 0 aliphatic carbocycles. The first-order valence-electron chi connectivity index (χ1n) is 11.4. The Kier molecular flexibility index (Phi) is 6.75. The fourth-order valence-corrected chi connectivity index (χ4v) is 6.23. The number of amides is 1. The minimum absolute atomic E-state index is 0.0627. The molecular formula is C27H24N4O3S2. The predicted octanol–water partition coefficient (Wildman–Crippen LogP) is 4.57. The van der Waals surface area contributed by atoms with Crippen molar-refractivity contribution in [3.05, 3.63) is 102 Å². The first kappa shape index (κ1) is 24.0. The Morgan fingerprint density at radius 2 is 1.69 bits per heavy atom. The third-order valence-corrected chi connectivity index (χ3v) is 8.59. The molecule has 0 radical (unpaired) electrons. The molecule has 1 amide bonds. The molecule has 0 spiro atoms. The van der Waals surface area contributed by atoms with Gasteiger partial charge in [0.15, 0.2) is 5.16 Å². The van der Waals surface area contributed by atoms with Gasteiger partial charge in [-0.25, -0.2) is 18.4 Å². The fraction of sp³-hybridized carbons (Fsp3) is 0.148. The van der Waals surface area contributed by atoms with Crippen molar-refractivity contribution >= 4 is 33.4 Å². The molecule has 2 heterocycles. The van der Waals surface area contributed by atoms with Gasteiger partial charge in [0.2, 0.25) is 5.91 Å². The lowest BCUT2D eigenvalue weighted by Gasteiger charge is -2.31. The van der Waals surface area contributed by atoms with E-state index in [9.17, 15) is 13.2 Å². The number of carbonyl (C=O) groups excluding carboxylic acids is 1. The van der Waals surface area contributed by atoms with Gasteiger partial charge in [-0.1, -0.05) is 84.6 Å². The standard InChI is InChI=1S/C27H24N4O3S2/c1-19-9-5-6-12-21(19)17-31-23-14-8-7-13-22(23)26-24(36(31,33)34)16-29-27(30-26)35-18-25(32)28-15-20-10-3-2-4-11-20/h2-14,16H,15,17-18H2,1H3,(H,28,32). The van der Waals surface area contributed by atoms with E-state index >= 15 is 0 Å². The highest BCUT2D eigenvalue weighted by Crippen LogP contribution is 2.43. The summed E-state index contributed by atoms with van der Waals surface area (Å²) in [6.07, 6.45) is 1.35. The molecule has 1 aliphatic heterocycles. The van der Waals surface area contributed by atoms with Crippen molar-refractivity contribution in [1.29, 1.82) is 0 Å². The summed E-state index contributed by atoms with van der Waals surface area (Å²) in [7, 11) is -3.88. The lowest BCUT2D eigenvalue weighted by Crippen LogP contribution is -2.34. The third-order valence-electron chi connectivity index (χ3n) is 5.97. The Labute approximate surface area is 214 Å². The van der Waals surface area contributed by atoms with E-state index in [1.165, 1.54) is 22.3 Å². The quantitative estimate of drug-likeness (QED) is 0.286. The number of rotatable bonds is 7. The van der Waals surface area contributed by atoms with Crippen molar-refractivity contribution in [2.24, 2.45) is 0 Å². The molecule has 1 aliphatic rings. The second-order valence-electron chi connectivity index (χ2n) is 8.37. The molecule has 182 valence electrons. The maximum Gasteiger partial charge on any atom is 0.268 e. The summed E-state index contributed by atoms with van der Waals surface area (Å²) in [4.78, 5) is 21.2. The van der Waals surface area contributed by atoms with Gasteiger partial charge >= 0.3 is 0 Å². The van der Waals surface area contributed by atoms with Crippen molar-refractivity contribution in [3.63, 3.8) is 0 Å². The molecule has 0 fully saturated rings. The van der Waals surface area contributed by atoms with E-state index in [-0.39, 0.29) is 23.1 Å². The van der Waals surface area contributed by atoms with Crippen LogP contribution in [-0.4, -0.2) is 30.0 Å². The summed E-state index contributed by atoms with van der Waals surface area (Å²) < 4.78 is 28.7. The molecule has 0 unspecified atom stereocenters. The number of sulfonamides is 1. The van der Waals surface area contributed by atoms with Gasteiger partial charge < -0.3 is 5.32 Å². The molecule has 0 saturated heterocycles. The Hall–Kier alpha value is -3.69. The highest BCUT2D eigenvalue weighted by molar-refractivity contribution is 7.99. The van der Waals surface area contributed by atoms with Crippen LogP contribution in [0.25, 0.3) is 11.3 Å². The van der Waals surface area contributed by atoms with E-state index in [0.29, 0.717) is 28.6 Å². The van der Waals surface area contributed by atoms with Gasteiger partial charge in [-0.2, -0.15) is 0 Å². The first-order chi connectivity index (χ1) is 17.4. The van der Waals surface area contributed by atoms with Gasteiger partial charge in [0.1, 0.15) is 4.90 Å². The van der Waals surface area contributed by atoms with E-state index in [1.807, 2.05) is 79.7 Å². The predicted molar refractivity (Wildman–Crippen MR) is 141 cm³/mol. The monoisotopic (exact) mass is 516 g/mol. The Morgan fingerprint density at radius 3 is 2.50 bits per heavy atom. The largest absolute Gasteiger partial charge is 0.351 e. The van der Waals surface area contributed by atoms with Crippen LogP contribution in [0.5, 0.6) is 0 Å². The van der Waals surface area contributed by atoms with E-state index in [0.717, 1.165) is 16.7 Å². The molecule has 0 atom stereocenters. The van der Waals surface area contributed by atoms with Crippen LogP contribution >= 0.6 is 11.8 Å². The molecule has 7 nitrogen and oxygen atoms in total. The number of hydrogen-bond donors (Lipinski definition) is 1. The number of para-hydroxylation sites is 1. The van der Waals surface area contributed by atoms with E-state index in [4.69, 9.17) is 0 Å². The first-order valence-corrected chi connectivity index (χ1v) is 13.8. The summed E-state index contributed by atoms with van der Waals surface area (Å²) in [5.74, 6) is -0.0259. The van der Waals surface area contributed by atoms with E-state index in [1.54, 1.807) is 6.07 Å².